The van der Waals surface area contributed by atoms with Crippen LogP contribution in [0.5, 0.6) is 0 Å². The second-order valence-corrected chi connectivity index (χ2v) is 5.16. The number of hydrogen-bond donors (Lipinski definition) is 1. The number of fused-ring (bicyclic) bond motifs is 1. The van der Waals surface area contributed by atoms with Gasteiger partial charge in [-0.05, 0) is 30.5 Å². The van der Waals surface area contributed by atoms with E-state index in [1.54, 1.807) is 0 Å². The molecule has 1 N–H and O–H groups in total. The third-order valence-corrected chi connectivity index (χ3v) is 3.55. The van der Waals surface area contributed by atoms with Crippen molar-refractivity contribution in [3.63, 3.8) is 0 Å². The Morgan fingerprint density at radius 1 is 1.05 bits per heavy atom. The third kappa shape index (κ3) is 2.11. The summed E-state index contributed by atoms with van der Waals surface area (Å²) in [5, 5.41) is 16.3. The topological polar surface area (TPSA) is 55.1 Å². The Balaban J connectivity index is 1.58. The van der Waals surface area contributed by atoms with Crippen molar-refractivity contribution < 1.29 is 0 Å². The third-order valence-electron chi connectivity index (χ3n) is 3.55. The van der Waals surface area contributed by atoms with E-state index in [-0.39, 0.29) is 0 Å². The Kier molecular flexibility index (Phi) is 2.62. The number of rotatable bonds is 4. The molecule has 5 nitrogen and oxygen atoms in total. The van der Waals surface area contributed by atoms with Gasteiger partial charge in [-0.2, -0.15) is 4.52 Å². The summed E-state index contributed by atoms with van der Waals surface area (Å²) in [4.78, 5) is 0. The minimum Gasteiger partial charge on any atom is -0.365 e. The number of hydrogen-bond acceptors (Lipinski definition) is 4. The molecule has 1 fully saturated rings. The molecule has 0 spiro atoms. The van der Waals surface area contributed by atoms with Crippen LogP contribution in [-0.2, 0) is 6.54 Å². The lowest BCUT2D eigenvalue weighted by Crippen LogP contribution is -2.05. The van der Waals surface area contributed by atoms with Crippen molar-refractivity contribution in [2.24, 2.45) is 0 Å². The first-order valence-electron chi connectivity index (χ1n) is 6.90. The molecule has 0 aliphatic heterocycles. The molecule has 4 rings (SSSR count). The molecule has 2 heterocycles. The largest absolute Gasteiger partial charge is 0.365 e. The van der Waals surface area contributed by atoms with E-state index in [1.807, 2.05) is 34.8 Å². The van der Waals surface area contributed by atoms with Crippen LogP contribution in [0.2, 0.25) is 0 Å². The second kappa shape index (κ2) is 4.59. The van der Waals surface area contributed by atoms with Gasteiger partial charge >= 0.3 is 0 Å². The fraction of sp³-hybridized carbons (Fsp3) is 0.267. The molecule has 3 aromatic rings. The Morgan fingerprint density at radius 3 is 2.70 bits per heavy atom. The summed E-state index contributed by atoms with van der Waals surface area (Å²) < 4.78 is 1.87. The van der Waals surface area contributed by atoms with Crippen LogP contribution in [0.3, 0.4) is 0 Å². The van der Waals surface area contributed by atoms with Gasteiger partial charge in [0.25, 0.3) is 0 Å². The Bertz CT molecular complexity index is 730. The fourth-order valence-corrected chi connectivity index (χ4v) is 2.28. The molecule has 0 radical (unpaired) electrons. The highest BCUT2D eigenvalue weighted by atomic mass is 15.4. The average molecular weight is 265 g/mol. The van der Waals surface area contributed by atoms with Crippen molar-refractivity contribution in [2.45, 2.75) is 25.3 Å². The Morgan fingerprint density at radius 2 is 1.90 bits per heavy atom. The highest BCUT2D eigenvalue weighted by Gasteiger charge is 2.29. The molecule has 2 aromatic heterocycles. The Labute approximate surface area is 116 Å². The number of nitrogens with zero attached hydrogens (tertiary/aromatic N) is 4. The first-order valence-corrected chi connectivity index (χ1v) is 6.90. The number of aromatic nitrogens is 4. The minimum absolute atomic E-state index is 0.543. The molecule has 0 unspecified atom stereocenters. The van der Waals surface area contributed by atoms with Crippen LogP contribution < -0.4 is 5.32 Å². The van der Waals surface area contributed by atoms with Crippen molar-refractivity contribution >= 4 is 11.5 Å². The maximum absolute atomic E-state index is 4.59. The lowest BCUT2D eigenvalue weighted by molar-refractivity contribution is 0.814. The van der Waals surface area contributed by atoms with Crippen molar-refractivity contribution in [1.29, 1.82) is 0 Å². The lowest BCUT2D eigenvalue weighted by atomic mass is 10.2. The molecular weight excluding hydrogens is 250 g/mol. The molecule has 5 heteroatoms. The average Bonchev–Trinajstić information content (AvgIpc) is 3.26. The van der Waals surface area contributed by atoms with Gasteiger partial charge in [-0.15, -0.1) is 15.3 Å². The van der Waals surface area contributed by atoms with Crippen LogP contribution in [0.1, 0.15) is 30.1 Å². The van der Waals surface area contributed by atoms with Gasteiger partial charge in [0, 0.05) is 12.5 Å². The van der Waals surface area contributed by atoms with Gasteiger partial charge in [0.1, 0.15) is 5.82 Å². The second-order valence-electron chi connectivity index (χ2n) is 5.16. The summed E-state index contributed by atoms with van der Waals surface area (Å²) >= 11 is 0. The summed E-state index contributed by atoms with van der Waals surface area (Å²) in [5.74, 6) is 2.38. The van der Waals surface area contributed by atoms with E-state index < -0.39 is 0 Å². The smallest absolute Gasteiger partial charge is 0.178 e. The maximum Gasteiger partial charge on any atom is 0.178 e. The van der Waals surface area contributed by atoms with Gasteiger partial charge in [0.05, 0.1) is 0 Å². The number of benzene rings is 1. The van der Waals surface area contributed by atoms with E-state index in [0.717, 1.165) is 23.8 Å². The molecule has 20 heavy (non-hydrogen) atoms. The van der Waals surface area contributed by atoms with Gasteiger partial charge < -0.3 is 5.32 Å². The van der Waals surface area contributed by atoms with Crippen molar-refractivity contribution in [2.75, 3.05) is 5.32 Å². The van der Waals surface area contributed by atoms with Crippen LogP contribution >= 0.6 is 0 Å². The van der Waals surface area contributed by atoms with E-state index in [1.165, 1.54) is 18.4 Å². The zero-order valence-electron chi connectivity index (χ0n) is 11.0. The van der Waals surface area contributed by atoms with Gasteiger partial charge in [-0.1, -0.05) is 30.3 Å². The van der Waals surface area contributed by atoms with Crippen molar-refractivity contribution in [1.82, 2.24) is 19.8 Å². The first-order chi connectivity index (χ1) is 9.90. The number of anilines is 1. The fourth-order valence-electron chi connectivity index (χ4n) is 2.28. The van der Waals surface area contributed by atoms with Gasteiger partial charge in [0.2, 0.25) is 0 Å². The van der Waals surface area contributed by atoms with Crippen molar-refractivity contribution in [3.8, 4) is 0 Å². The summed E-state index contributed by atoms with van der Waals surface area (Å²) in [6, 6.07) is 14.2. The van der Waals surface area contributed by atoms with Crippen molar-refractivity contribution in [3.05, 3.63) is 53.9 Å². The predicted molar refractivity (Wildman–Crippen MR) is 76.5 cm³/mol. The lowest BCUT2D eigenvalue weighted by Gasteiger charge is -2.06. The van der Waals surface area contributed by atoms with Gasteiger partial charge in [-0.25, -0.2) is 0 Å². The molecule has 1 saturated carbocycles. The van der Waals surface area contributed by atoms with E-state index in [9.17, 15) is 0 Å². The zero-order valence-corrected chi connectivity index (χ0v) is 11.0. The summed E-state index contributed by atoms with van der Waals surface area (Å²) in [7, 11) is 0. The predicted octanol–water partition coefficient (Wildman–Crippen LogP) is 2.61. The van der Waals surface area contributed by atoms with Crippen LogP contribution in [0.4, 0.5) is 5.82 Å². The first kappa shape index (κ1) is 11.4. The van der Waals surface area contributed by atoms with Gasteiger partial charge in [-0.3, -0.25) is 0 Å². The normalized spacial score (nSPS) is 14.6. The molecular formula is C15H15N5. The summed E-state index contributed by atoms with van der Waals surface area (Å²) in [6.07, 6.45) is 2.40. The minimum atomic E-state index is 0.543. The molecule has 0 saturated heterocycles. The molecule has 100 valence electrons. The quantitative estimate of drug-likeness (QED) is 0.788. The number of nitrogens with one attached hydrogen (secondary N) is 1. The highest BCUT2D eigenvalue weighted by Crippen LogP contribution is 2.38. The zero-order chi connectivity index (χ0) is 13.4. The van der Waals surface area contributed by atoms with Crippen LogP contribution in [0.15, 0.2) is 42.5 Å². The molecule has 1 aliphatic carbocycles. The molecule has 0 atom stereocenters. The van der Waals surface area contributed by atoms with Crippen LogP contribution in [0, 0.1) is 0 Å². The van der Waals surface area contributed by atoms with Crippen LogP contribution in [0.25, 0.3) is 5.65 Å². The maximum atomic E-state index is 4.59. The van der Waals surface area contributed by atoms with Crippen LogP contribution in [-0.4, -0.2) is 19.8 Å². The van der Waals surface area contributed by atoms with E-state index in [4.69, 9.17) is 0 Å². The molecule has 1 aromatic carbocycles. The Hall–Kier alpha value is -2.43. The van der Waals surface area contributed by atoms with Gasteiger partial charge in [0.15, 0.2) is 11.5 Å². The standard InChI is InChI=1S/C15H15N5/c1-2-4-11(5-3-1)10-16-13-8-9-14-17-18-15(12-6-7-12)20(14)19-13/h1-5,8-9,12H,6-7,10H2,(H,16,19). The van der Waals surface area contributed by atoms with E-state index >= 15 is 0 Å². The van der Waals surface area contributed by atoms with E-state index in [0.29, 0.717) is 5.92 Å². The summed E-state index contributed by atoms with van der Waals surface area (Å²) in [5.41, 5.74) is 2.05. The summed E-state index contributed by atoms with van der Waals surface area (Å²) in [6.45, 7) is 0.764. The SMILES string of the molecule is c1ccc(CNc2ccc3nnc(C4CC4)n3n2)cc1. The molecule has 1 aliphatic rings. The monoisotopic (exact) mass is 265 g/mol. The van der Waals surface area contributed by atoms with E-state index in [2.05, 4.69) is 32.7 Å². The highest BCUT2D eigenvalue weighted by molar-refractivity contribution is 5.44. The molecule has 0 bridgehead atoms. The molecule has 0 amide bonds.